The van der Waals surface area contributed by atoms with Crippen LogP contribution in [0.3, 0.4) is 0 Å². The van der Waals surface area contributed by atoms with E-state index in [2.05, 4.69) is 4.90 Å². The summed E-state index contributed by atoms with van der Waals surface area (Å²) >= 11 is 0. The summed E-state index contributed by atoms with van der Waals surface area (Å²) in [6, 6.07) is 8.07. The van der Waals surface area contributed by atoms with Crippen molar-refractivity contribution in [3.05, 3.63) is 35.4 Å². The smallest absolute Gasteiger partial charge is 0.248 e. The van der Waals surface area contributed by atoms with Crippen molar-refractivity contribution in [1.82, 2.24) is 4.90 Å². The fraction of sp³-hybridized carbons (Fsp3) is 0.632. The fourth-order valence-corrected chi connectivity index (χ4v) is 4.46. The van der Waals surface area contributed by atoms with E-state index in [-0.39, 0.29) is 5.91 Å². The minimum atomic E-state index is -0.526. The number of hydrogen-bond donors (Lipinski definition) is 2. The summed E-state index contributed by atoms with van der Waals surface area (Å²) in [6.07, 6.45) is 6.82. The molecule has 1 amide bonds. The van der Waals surface area contributed by atoms with E-state index < -0.39 is 5.60 Å². The van der Waals surface area contributed by atoms with Gasteiger partial charge in [-0.1, -0.05) is 25.0 Å². The van der Waals surface area contributed by atoms with E-state index in [4.69, 9.17) is 5.73 Å². The standard InChI is InChI=1S/C19H28N2O2/c1-19(23)11-3-2-5-16(19)17-6-4-12-21(17)13-14-7-9-15(10-8-14)18(20)22/h7-10,16-17,23H,2-6,11-13H2,1H3,(H2,20,22)/t16-,17+,19+/m1/s1. The van der Waals surface area contributed by atoms with Crippen molar-refractivity contribution >= 4 is 5.91 Å². The van der Waals surface area contributed by atoms with Crippen molar-refractivity contribution in [3.8, 4) is 0 Å². The Labute approximate surface area is 138 Å². The lowest BCUT2D eigenvalue weighted by atomic mass is 9.72. The molecule has 1 aromatic rings. The van der Waals surface area contributed by atoms with Gasteiger partial charge in [-0.3, -0.25) is 9.69 Å². The van der Waals surface area contributed by atoms with Gasteiger partial charge in [0.05, 0.1) is 5.60 Å². The van der Waals surface area contributed by atoms with E-state index in [1.54, 1.807) is 12.1 Å². The molecule has 0 aromatic heterocycles. The molecule has 1 aliphatic carbocycles. The number of nitrogens with zero attached hydrogens (tertiary/aromatic N) is 1. The molecule has 3 N–H and O–H groups in total. The quantitative estimate of drug-likeness (QED) is 0.897. The van der Waals surface area contributed by atoms with Gasteiger partial charge in [0.15, 0.2) is 0 Å². The lowest BCUT2D eigenvalue weighted by Crippen LogP contribution is -2.48. The molecular weight excluding hydrogens is 288 g/mol. The molecule has 126 valence electrons. The Balaban J connectivity index is 1.70. The topological polar surface area (TPSA) is 66.6 Å². The number of rotatable bonds is 4. The monoisotopic (exact) mass is 316 g/mol. The number of benzene rings is 1. The number of carbonyl (C=O) groups excluding carboxylic acids is 1. The van der Waals surface area contributed by atoms with Gasteiger partial charge < -0.3 is 10.8 Å². The Kier molecular flexibility index (Phi) is 4.74. The molecule has 3 rings (SSSR count). The highest BCUT2D eigenvalue weighted by atomic mass is 16.3. The maximum Gasteiger partial charge on any atom is 0.248 e. The third-order valence-electron chi connectivity index (χ3n) is 5.75. The molecule has 0 bridgehead atoms. The molecule has 23 heavy (non-hydrogen) atoms. The molecule has 4 heteroatoms. The molecule has 0 unspecified atom stereocenters. The van der Waals surface area contributed by atoms with Crippen LogP contribution in [0.1, 0.15) is 61.4 Å². The molecule has 1 heterocycles. The third kappa shape index (κ3) is 3.59. The van der Waals surface area contributed by atoms with E-state index in [0.717, 1.165) is 32.4 Å². The maximum absolute atomic E-state index is 11.2. The molecule has 1 saturated heterocycles. The minimum Gasteiger partial charge on any atom is -0.390 e. The van der Waals surface area contributed by atoms with Gasteiger partial charge in [0.25, 0.3) is 0 Å². The first kappa shape index (κ1) is 16.5. The largest absolute Gasteiger partial charge is 0.390 e. The van der Waals surface area contributed by atoms with Crippen LogP contribution in [-0.4, -0.2) is 34.1 Å². The van der Waals surface area contributed by atoms with Gasteiger partial charge in [-0.05, 0) is 56.8 Å². The summed E-state index contributed by atoms with van der Waals surface area (Å²) in [5, 5.41) is 10.8. The number of carbonyl (C=O) groups is 1. The Hall–Kier alpha value is -1.39. The first-order valence-corrected chi connectivity index (χ1v) is 8.82. The van der Waals surface area contributed by atoms with Crippen molar-refractivity contribution in [2.24, 2.45) is 11.7 Å². The van der Waals surface area contributed by atoms with Crippen molar-refractivity contribution in [2.75, 3.05) is 6.54 Å². The maximum atomic E-state index is 11.2. The van der Waals surface area contributed by atoms with Gasteiger partial charge in [-0.25, -0.2) is 0 Å². The highest BCUT2D eigenvalue weighted by Gasteiger charge is 2.43. The van der Waals surface area contributed by atoms with Gasteiger partial charge in [-0.15, -0.1) is 0 Å². The summed E-state index contributed by atoms with van der Waals surface area (Å²) in [5.74, 6) is -0.00232. The first-order chi connectivity index (χ1) is 11.0. The molecule has 1 saturated carbocycles. The van der Waals surface area contributed by atoms with Crippen molar-refractivity contribution in [3.63, 3.8) is 0 Å². The summed E-state index contributed by atoms with van der Waals surface area (Å²) < 4.78 is 0. The number of nitrogens with two attached hydrogens (primary N) is 1. The van der Waals surface area contributed by atoms with E-state index in [1.807, 2.05) is 19.1 Å². The third-order valence-corrected chi connectivity index (χ3v) is 5.75. The highest BCUT2D eigenvalue weighted by molar-refractivity contribution is 5.92. The zero-order chi connectivity index (χ0) is 16.4. The molecular formula is C19H28N2O2. The zero-order valence-electron chi connectivity index (χ0n) is 14.0. The second-order valence-corrected chi connectivity index (χ2v) is 7.45. The minimum absolute atomic E-state index is 0.378. The van der Waals surface area contributed by atoms with Crippen LogP contribution in [0.2, 0.25) is 0 Å². The Morgan fingerprint density at radius 3 is 2.65 bits per heavy atom. The number of hydrogen-bond acceptors (Lipinski definition) is 3. The Bertz CT molecular complexity index is 553. The highest BCUT2D eigenvalue weighted by Crippen LogP contribution is 2.41. The summed E-state index contributed by atoms with van der Waals surface area (Å²) in [5.41, 5.74) is 6.54. The number of amides is 1. The van der Waals surface area contributed by atoms with Crippen LogP contribution in [0.5, 0.6) is 0 Å². The van der Waals surface area contributed by atoms with Crippen LogP contribution >= 0.6 is 0 Å². The van der Waals surface area contributed by atoms with Gasteiger partial charge in [0.1, 0.15) is 0 Å². The summed E-state index contributed by atoms with van der Waals surface area (Å²) in [4.78, 5) is 13.7. The van der Waals surface area contributed by atoms with Crippen molar-refractivity contribution < 1.29 is 9.90 Å². The van der Waals surface area contributed by atoms with Crippen LogP contribution in [-0.2, 0) is 6.54 Å². The summed E-state index contributed by atoms with van der Waals surface area (Å²) in [6.45, 7) is 4.00. The van der Waals surface area contributed by atoms with Crippen LogP contribution < -0.4 is 5.73 Å². The van der Waals surface area contributed by atoms with Crippen LogP contribution in [0.15, 0.2) is 24.3 Å². The van der Waals surface area contributed by atoms with E-state index in [1.165, 1.54) is 24.8 Å². The summed E-state index contributed by atoms with van der Waals surface area (Å²) in [7, 11) is 0. The molecule has 2 aliphatic rings. The number of aliphatic hydroxyl groups is 1. The van der Waals surface area contributed by atoms with E-state index >= 15 is 0 Å². The van der Waals surface area contributed by atoms with E-state index in [0.29, 0.717) is 17.5 Å². The molecule has 0 spiro atoms. The van der Waals surface area contributed by atoms with Gasteiger partial charge in [-0.2, -0.15) is 0 Å². The van der Waals surface area contributed by atoms with Crippen LogP contribution in [0.4, 0.5) is 0 Å². The SMILES string of the molecule is C[C@]1(O)CCCC[C@@H]1[C@@H]1CCCN1Cc1ccc(C(N)=O)cc1. The lowest BCUT2D eigenvalue weighted by Gasteiger charge is -2.43. The zero-order valence-corrected chi connectivity index (χ0v) is 14.0. The van der Waals surface area contributed by atoms with Gasteiger partial charge in [0, 0.05) is 24.1 Å². The predicted octanol–water partition coefficient (Wildman–Crippen LogP) is 2.69. The fourth-order valence-electron chi connectivity index (χ4n) is 4.46. The predicted molar refractivity (Wildman–Crippen MR) is 91.0 cm³/mol. The normalized spacial score (nSPS) is 32.1. The lowest BCUT2D eigenvalue weighted by molar-refractivity contribution is -0.0628. The van der Waals surface area contributed by atoms with Gasteiger partial charge in [0.2, 0.25) is 5.91 Å². The molecule has 1 aromatic carbocycles. The van der Waals surface area contributed by atoms with Crippen LogP contribution in [0.25, 0.3) is 0 Å². The first-order valence-electron chi connectivity index (χ1n) is 8.82. The molecule has 0 radical (unpaired) electrons. The van der Waals surface area contributed by atoms with Crippen molar-refractivity contribution in [1.29, 1.82) is 0 Å². The molecule has 3 atom stereocenters. The average Bonchev–Trinajstić information content (AvgIpc) is 2.95. The average molecular weight is 316 g/mol. The second kappa shape index (κ2) is 6.62. The number of likely N-dealkylation sites (tertiary alicyclic amines) is 1. The van der Waals surface area contributed by atoms with E-state index in [9.17, 15) is 9.90 Å². The molecule has 2 fully saturated rings. The Morgan fingerprint density at radius 2 is 2.00 bits per heavy atom. The number of primary amides is 1. The van der Waals surface area contributed by atoms with Crippen molar-refractivity contribution in [2.45, 2.75) is 63.6 Å². The van der Waals surface area contributed by atoms with Crippen LogP contribution in [0, 0.1) is 5.92 Å². The molecule has 1 aliphatic heterocycles. The Morgan fingerprint density at radius 1 is 1.26 bits per heavy atom. The second-order valence-electron chi connectivity index (χ2n) is 7.45. The molecule has 4 nitrogen and oxygen atoms in total. The van der Waals surface area contributed by atoms with Gasteiger partial charge >= 0.3 is 0 Å².